The van der Waals surface area contributed by atoms with Crippen LogP contribution in [0.1, 0.15) is 25.3 Å². The molecule has 4 nitrogen and oxygen atoms in total. The number of rotatable bonds is 3. The number of benzene rings is 1. The van der Waals surface area contributed by atoms with E-state index in [9.17, 15) is 4.79 Å². The minimum atomic E-state index is 0.0471. The predicted octanol–water partition coefficient (Wildman–Crippen LogP) is 2.05. The molecule has 104 valence electrons. The molecule has 1 aromatic rings. The summed E-state index contributed by atoms with van der Waals surface area (Å²) in [4.78, 5) is 13.3. The average Bonchev–Trinajstić information content (AvgIpc) is 2.39. The topological polar surface area (TPSA) is 52.6 Å². The van der Waals surface area contributed by atoms with Crippen LogP contribution in [0.3, 0.4) is 0 Å². The molecular weight excluding hydrogens is 308 g/mol. The third kappa shape index (κ3) is 3.70. The fraction of sp³-hybridized carbons (Fsp3) is 0.500. The number of nitrogens with zero attached hydrogens (tertiary/aromatic N) is 1. The molecular formula is C14H19BrN2O2. The van der Waals surface area contributed by atoms with Crippen molar-refractivity contribution in [2.24, 2.45) is 0 Å². The van der Waals surface area contributed by atoms with Crippen molar-refractivity contribution in [2.75, 3.05) is 18.0 Å². The Morgan fingerprint density at radius 1 is 1.47 bits per heavy atom. The lowest BCUT2D eigenvalue weighted by Crippen LogP contribution is -2.44. The summed E-state index contributed by atoms with van der Waals surface area (Å²) in [6.07, 6.45) is 1.94. The van der Waals surface area contributed by atoms with Crippen LogP contribution in [0.2, 0.25) is 0 Å². The maximum atomic E-state index is 11.0. The zero-order valence-electron chi connectivity index (χ0n) is 11.0. The molecule has 1 fully saturated rings. The second kappa shape index (κ2) is 6.39. The Morgan fingerprint density at radius 3 is 2.68 bits per heavy atom. The molecule has 0 atom stereocenters. The van der Waals surface area contributed by atoms with Gasteiger partial charge in [-0.1, -0.05) is 22.0 Å². The van der Waals surface area contributed by atoms with Crippen molar-refractivity contribution in [3.63, 3.8) is 0 Å². The number of anilines is 1. The molecule has 1 heterocycles. The van der Waals surface area contributed by atoms with E-state index in [0.29, 0.717) is 6.04 Å². The first kappa shape index (κ1) is 14.3. The highest BCUT2D eigenvalue weighted by atomic mass is 79.9. The largest absolute Gasteiger partial charge is 0.392 e. The van der Waals surface area contributed by atoms with Gasteiger partial charge in [-0.3, -0.25) is 4.79 Å². The van der Waals surface area contributed by atoms with Crippen LogP contribution in [-0.2, 0) is 11.4 Å². The Bertz CT molecular complexity index is 457. The summed E-state index contributed by atoms with van der Waals surface area (Å²) in [5.74, 6) is 0.0495. The van der Waals surface area contributed by atoms with E-state index in [1.54, 1.807) is 6.92 Å². The maximum Gasteiger partial charge on any atom is 0.217 e. The first-order chi connectivity index (χ1) is 9.10. The first-order valence-corrected chi connectivity index (χ1v) is 7.31. The van der Waals surface area contributed by atoms with Crippen LogP contribution in [0, 0.1) is 0 Å². The van der Waals surface area contributed by atoms with E-state index in [4.69, 9.17) is 5.11 Å². The lowest BCUT2D eigenvalue weighted by atomic mass is 10.0. The minimum absolute atomic E-state index is 0.0471. The van der Waals surface area contributed by atoms with Crippen molar-refractivity contribution in [3.8, 4) is 0 Å². The number of nitrogens with one attached hydrogen (secondary N) is 1. The zero-order valence-corrected chi connectivity index (χ0v) is 12.6. The molecule has 1 aliphatic heterocycles. The van der Waals surface area contributed by atoms with Crippen LogP contribution in [0.4, 0.5) is 5.69 Å². The van der Waals surface area contributed by atoms with Crippen molar-refractivity contribution in [1.82, 2.24) is 5.32 Å². The fourth-order valence-electron chi connectivity index (χ4n) is 2.43. The van der Waals surface area contributed by atoms with Gasteiger partial charge >= 0.3 is 0 Å². The number of hydrogen-bond donors (Lipinski definition) is 2. The highest BCUT2D eigenvalue weighted by molar-refractivity contribution is 9.10. The zero-order chi connectivity index (χ0) is 13.8. The summed E-state index contributed by atoms with van der Waals surface area (Å²) in [6, 6.07) is 6.33. The molecule has 0 aromatic heterocycles. The van der Waals surface area contributed by atoms with Crippen molar-refractivity contribution in [1.29, 1.82) is 0 Å². The van der Waals surface area contributed by atoms with Crippen LogP contribution < -0.4 is 10.2 Å². The lowest BCUT2D eigenvalue weighted by molar-refractivity contribution is -0.119. The second-order valence-corrected chi connectivity index (χ2v) is 5.75. The minimum Gasteiger partial charge on any atom is -0.392 e. The smallest absolute Gasteiger partial charge is 0.217 e. The molecule has 0 unspecified atom stereocenters. The highest BCUT2D eigenvalue weighted by Crippen LogP contribution is 2.26. The molecule has 0 radical (unpaired) electrons. The van der Waals surface area contributed by atoms with E-state index in [2.05, 4.69) is 26.1 Å². The summed E-state index contributed by atoms with van der Waals surface area (Å²) < 4.78 is 0.941. The molecule has 1 saturated heterocycles. The van der Waals surface area contributed by atoms with Crippen LogP contribution in [0.15, 0.2) is 22.7 Å². The second-order valence-electron chi connectivity index (χ2n) is 4.90. The van der Waals surface area contributed by atoms with Crippen LogP contribution >= 0.6 is 15.9 Å². The summed E-state index contributed by atoms with van der Waals surface area (Å²) >= 11 is 3.47. The van der Waals surface area contributed by atoms with Gasteiger partial charge in [-0.15, -0.1) is 0 Å². The predicted molar refractivity (Wildman–Crippen MR) is 79.1 cm³/mol. The Morgan fingerprint density at radius 2 is 2.16 bits per heavy atom. The number of amides is 1. The van der Waals surface area contributed by atoms with E-state index >= 15 is 0 Å². The fourth-order valence-corrected chi connectivity index (χ4v) is 2.92. The summed E-state index contributed by atoms with van der Waals surface area (Å²) in [5, 5.41) is 12.1. The Hall–Kier alpha value is -1.07. The van der Waals surface area contributed by atoms with Gasteiger partial charge in [-0.05, 0) is 30.5 Å². The van der Waals surface area contributed by atoms with Crippen molar-refractivity contribution < 1.29 is 9.90 Å². The number of aliphatic hydroxyl groups excluding tert-OH is 1. The van der Waals surface area contributed by atoms with Gasteiger partial charge in [-0.2, -0.15) is 0 Å². The van der Waals surface area contributed by atoms with Gasteiger partial charge in [0.15, 0.2) is 0 Å². The third-order valence-electron chi connectivity index (χ3n) is 3.47. The molecule has 5 heteroatoms. The molecule has 0 saturated carbocycles. The van der Waals surface area contributed by atoms with Crippen LogP contribution in [0.5, 0.6) is 0 Å². The molecule has 2 N–H and O–H groups in total. The number of carbonyl (C=O) groups is 1. The van der Waals surface area contributed by atoms with E-state index in [-0.39, 0.29) is 12.5 Å². The van der Waals surface area contributed by atoms with E-state index < -0.39 is 0 Å². The molecule has 19 heavy (non-hydrogen) atoms. The summed E-state index contributed by atoms with van der Waals surface area (Å²) in [7, 11) is 0. The Balaban J connectivity index is 1.97. The van der Waals surface area contributed by atoms with Crippen molar-refractivity contribution in [2.45, 2.75) is 32.4 Å². The molecule has 1 amide bonds. The first-order valence-electron chi connectivity index (χ1n) is 6.51. The van der Waals surface area contributed by atoms with Gasteiger partial charge in [0.05, 0.1) is 6.61 Å². The average molecular weight is 327 g/mol. The number of hydrogen-bond acceptors (Lipinski definition) is 3. The quantitative estimate of drug-likeness (QED) is 0.893. The van der Waals surface area contributed by atoms with Crippen molar-refractivity contribution >= 4 is 27.5 Å². The van der Waals surface area contributed by atoms with E-state index in [1.165, 1.54) is 0 Å². The van der Waals surface area contributed by atoms with E-state index in [0.717, 1.165) is 41.7 Å². The molecule has 0 spiro atoms. The van der Waals surface area contributed by atoms with Gasteiger partial charge in [0.25, 0.3) is 0 Å². The summed E-state index contributed by atoms with van der Waals surface area (Å²) in [5.41, 5.74) is 2.06. The van der Waals surface area contributed by atoms with Gasteiger partial charge < -0.3 is 15.3 Å². The lowest BCUT2D eigenvalue weighted by Gasteiger charge is -2.34. The third-order valence-corrected chi connectivity index (χ3v) is 4.21. The van der Waals surface area contributed by atoms with Crippen LogP contribution in [0.25, 0.3) is 0 Å². The molecule has 2 rings (SSSR count). The van der Waals surface area contributed by atoms with Crippen LogP contribution in [-0.4, -0.2) is 30.1 Å². The molecule has 0 aliphatic carbocycles. The van der Waals surface area contributed by atoms with Gasteiger partial charge in [0.1, 0.15) is 0 Å². The monoisotopic (exact) mass is 326 g/mol. The molecule has 1 aromatic carbocycles. The number of carbonyl (C=O) groups excluding carboxylic acids is 1. The Kier molecular flexibility index (Phi) is 4.82. The normalized spacial score (nSPS) is 16.5. The maximum absolute atomic E-state index is 11.0. The van der Waals surface area contributed by atoms with Gasteiger partial charge in [0, 0.05) is 36.2 Å². The number of aliphatic hydroxyl groups is 1. The molecule has 1 aliphatic rings. The number of halogens is 1. The standard InChI is InChI=1S/C14H19BrN2O2/c1-10(19)16-12-4-6-17(7-5-12)13-3-2-11(9-18)14(15)8-13/h2-3,8,12,18H,4-7,9H2,1H3,(H,16,19). The van der Waals surface area contributed by atoms with Crippen molar-refractivity contribution in [3.05, 3.63) is 28.2 Å². The SMILES string of the molecule is CC(=O)NC1CCN(c2ccc(CO)c(Br)c2)CC1. The Labute approximate surface area is 121 Å². The summed E-state index contributed by atoms with van der Waals surface area (Å²) in [6.45, 7) is 3.49. The number of piperidine rings is 1. The molecule has 0 bridgehead atoms. The van der Waals surface area contributed by atoms with Gasteiger partial charge in [0.2, 0.25) is 5.91 Å². The highest BCUT2D eigenvalue weighted by Gasteiger charge is 2.20. The van der Waals surface area contributed by atoms with E-state index in [1.807, 2.05) is 18.2 Å². The van der Waals surface area contributed by atoms with Gasteiger partial charge in [-0.25, -0.2) is 0 Å².